The molecule has 1 aromatic heterocycles. The largest absolute Gasteiger partial charge is 0.383 e. The lowest BCUT2D eigenvalue weighted by molar-refractivity contribution is -0.384. The van der Waals surface area contributed by atoms with E-state index in [9.17, 15) is 15.4 Å². The molecule has 0 bridgehead atoms. The van der Waals surface area contributed by atoms with Crippen molar-refractivity contribution < 1.29 is 4.92 Å². The molecule has 0 aliphatic carbocycles. The van der Waals surface area contributed by atoms with Gasteiger partial charge in [0.05, 0.1) is 16.2 Å². The summed E-state index contributed by atoms with van der Waals surface area (Å²) in [6.07, 6.45) is 3.22. The van der Waals surface area contributed by atoms with Gasteiger partial charge in [0.1, 0.15) is 6.07 Å². The van der Waals surface area contributed by atoms with Gasteiger partial charge in [-0.05, 0) is 55.3 Å². The molecular weight excluding hydrogens is 486 g/mol. The van der Waals surface area contributed by atoms with Gasteiger partial charge in [-0.15, -0.1) is 0 Å². The monoisotopic (exact) mass is 507 g/mol. The van der Waals surface area contributed by atoms with Crippen LogP contribution in [0.15, 0.2) is 47.1 Å². The minimum absolute atomic E-state index is 0.0406. The Balaban J connectivity index is 2.19. The van der Waals surface area contributed by atoms with E-state index in [1.807, 2.05) is 26.0 Å². The minimum atomic E-state index is -0.506. The van der Waals surface area contributed by atoms with Gasteiger partial charge in [0, 0.05) is 30.5 Å². The second-order valence-electron chi connectivity index (χ2n) is 7.49. The number of anilines is 4. The summed E-state index contributed by atoms with van der Waals surface area (Å²) in [5.74, 6) is 0.162. The Morgan fingerprint density at radius 3 is 2.42 bits per heavy atom. The predicted octanol–water partition coefficient (Wildman–Crippen LogP) is 5.66. The molecule has 0 spiro atoms. The zero-order valence-electron chi connectivity index (χ0n) is 18.5. The Morgan fingerprint density at radius 2 is 1.82 bits per heavy atom. The van der Waals surface area contributed by atoms with Gasteiger partial charge >= 0.3 is 5.69 Å². The summed E-state index contributed by atoms with van der Waals surface area (Å²) in [5, 5.41) is 27.6. The lowest BCUT2D eigenvalue weighted by atomic mass is 10.1. The summed E-state index contributed by atoms with van der Waals surface area (Å²) >= 11 is 3.47. The number of para-hydroxylation sites is 1. The minimum Gasteiger partial charge on any atom is -0.383 e. The molecule has 9 nitrogen and oxygen atoms in total. The van der Waals surface area contributed by atoms with E-state index >= 15 is 0 Å². The SMILES string of the molecule is Cc1cc(Br)cc(C)c1Nc1nc(Nc2ccccc2C#N)nc(/C=C/N(C)C)c1[N+](=O)[O-]. The van der Waals surface area contributed by atoms with Crippen LogP contribution in [0.25, 0.3) is 6.08 Å². The van der Waals surface area contributed by atoms with Crippen LogP contribution < -0.4 is 10.6 Å². The number of aryl methyl sites for hydroxylation is 2. The zero-order chi connectivity index (χ0) is 24.1. The highest BCUT2D eigenvalue weighted by Gasteiger charge is 2.25. The second kappa shape index (κ2) is 10.1. The molecule has 0 fully saturated rings. The highest BCUT2D eigenvalue weighted by atomic mass is 79.9. The Hall–Kier alpha value is -3.97. The quantitative estimate of drug-likeness (QED) is 0.310. The molecule has 168 valence electrons. The Labute approximate surface area is 200 Å². The van der Waals surface area contributed by atoms with Crippen LogP contribution in [0.2, 0.25) is 0 Å². The Morgan fingerprint density at radius 1 is 1.15 bits per heavy atom. The van der Waals surface area contributed by atoms with Crippen LogP contribution in [-0.2, 0) is 0 Å². The molecular formula is C23H22BrN7O2. The number of halogens is 1. The standard InChI is InChI=1S/C23H22BrN7O2/c1-14-11-17(24)12-15(2)20(14)28-22-21(31(32)33)19(9-10-30(3)4)27-23(29-22)26-18-8-6-5-7-16(18)13-25/h5-12H,1-4H3,(H2,26,27,28,29)/b10-9+. The summed E-state index contributed by atoms with van der Waals surface area (Å²) in [6, 6.07) is 12.8. The van der Waals surface area contributed by atoms with Crippen LogP contribution in [-0.4, -0.2) is 33.9 Å². The number of rotatable bonds is 7. The van der Waals surface area contributed by atoms with Gasteiger partial charge in [0.15, 0.2) is 5.69 Å². The summed E-state index contributed by atoms with van der Waals surface area (Å²) < 4.78 is 0.908. The van der Waals surface area contributed by atoms with Crippen LogP contribution in [0, 0.1) is 35.3 Å². The number of nitrogens with one attached hydrogen (secondary N) is 2. The van der Waals surface area contributed by atoms with Crippen molar-refractivity contribution in [3.8, 4) is 6.07 Å². The van der Waals surface area contributed by atoms with Crippen molar-refractivity contribution in [3.63, 3.8) is 0 Å². The first-order valence-corrected chi connectivity index (χ1v) is 10.7. The van der Waals surface area contributed by atoms with Crippen molar-refractivity contribution in [1.29, 1.82) is 5.26 Å². The van der Waals surface area contributed by atoms with Gasteiger partial charge in [-0.2, -0.15) is 10.2 Å². The molecule has 1 heterocycles. The van der Waals surface area contributed by atoms with Gasteiger partial charge in [0.2, 0.25) is 11.8 Å². The molecule has 0 atom stereocenters. The zero-order valence-corrected chi connectivity index (χ0v) is 20.1. The van der Waals surface area contributed by atoms with Crippen molar-refractivity contribution in [1.82, 2.24) is 14.9 Å². The van der Waals surface area contributed by atoms with Crippen LogP contribution >= 0.6 is 15.9 Å². The number of hydrogen-bond acceptors (Lipinski definition) is 8. The molecule has 3 rings (SSSR count). The van der Waals surface area contributed by atoms with Crippen molar-refractivity contribution in [3.05, 3.63) is 79.6 Å². The highest BCUT2D eigenvalue weighted by Crippen LogP contribution is 2.34. The second-order valence-corrected chi connectivity index (χ2v) is 8.40. The molecule has 2 aromatic carbocycles. The van der Waals surface area contributed by atoms with E-state index in [1.54, 1.807) is 55.5 Å². The highest BCUT2D eigenvalue weighted by molar-refractivity contribution is 9.10. The van der Waals surface area contributed by atoms with Crippen LogP contribution in [0.5, 0.6) is 0 Å². The van der Waals surface area contributed by atoms with Crippen LogP contribution in [0.3, 0.4) is 0 Å². The predicted molar refractivity (Wildman–Crippen MR) is 133 cm³/mol. The summed E-state index contributed by atoms with van der Waals surface area (Å²) in [7, 11) is 3.61. The molecule has 2 N–H and O–H groups in total. The smallest absolute Gasteiger partial charge is 0.337 e. The average Bonchev–Trinajstić information content (AvgIpc) is 2.74. The number of benzene rings is 2. The maximum absolute atomic E-state index is 12.0. The first kappa shape index (κ1) is 23.7. The molecule has 10 heteroatoms. The summed E-state index contributed by atoms with van der Waals surface area (Å²) in [5.41, 5.74) is 3.27. The first-order chi connectivity index (χ1) is 15.7. The van der Waals surface area contributed by atoms with E-state index in [0.717, 1.165) is 15.6 Å². The summed E-state index contributed by atoms with van der Waals surface area (Å²) in [4.78, 5) is 22.1. The van der Waals surface area contributed by atoms with Crippen molar-refractivity contribution in [2.75, 3.05) is 24.7 Å². The summed E-state index contributed by atoms with van der Waals surface area (Å²) in [6.45, 7) is 3.81. The third-order valence-corrected chi connectivity index (χ3v) is 5.12. The van der Waals surface area contributed by atoms with Gasteiger partial charge in [-0.25, -0.2) is 4.98 Å². The molecule has 0 aliphatic heterocycles. The normalized spacial score (nSPS) is 10.7. The van der Waals surface area contributed by atoms with E-state index < -0.39 is 4.92 Å². The molecule has 3 aromatic rings. The van der Waals surface area contributed by atoms with E-state index in [-0.39, 0.29) is 23.1 Å². The van der Waals surface area contributed by atoms with Crippen molar-refractivity contribution in [2.45, 2.75) is 13.8 Å². The average molecular weight is 508 g/mol. The molecule has 0 saturated heterocycles. The third kappa shape index (κ3) is 5.64. The van der Waals surface area contributed by atoms with Crippen molar-refractivity contribution in [2.24, 2.45) is 0 Å². The lowest BCUT2D eigenvalue weighted by Crippen LogP contribution is -2.09. The van der Waals surface area contributed by atoms with E-state index in [2.05, 4.69) is 42.6 Å². The number of hydrogen-bond donors (Lipinski definition) is 2. The Bertz CT molecular complexity index is 1260. The van der Waals surface area contributed by atoms with Crippen molar-refractivity contribution >= 4 is 50.8 Å². The number of nitro groups is 1. The van der Waals surface area contributed by atoms with Crippen LogP contribution in [0.4, 0.5) is 28.8 Å². The topological polar surface area (TPSA) is 120 Å². The molecule has 33 heavy (non-hydrogen) atoms. The van der Waals surface area contributed by atoms with Gasteiger partial charge in [-0.1, -0.05) is 28.1 Å². The van der Waals surface area contributed by atoms with Crippen LogP contribution in [0.1, 0.15) is 22.4 Å². The fourth-order valence-electron chi connectivity index (χ4n) is 3.17. The molecule has 0 saturated carbocycles. The fourth-order valence-corrected chi connectivity index (χ4v) is 3.85. The van der Waals surface area contributed by atoms with Gasteiger partial charge in [-0.3, -0.25) is 10.1 Å². The molecule has 0 radical (unpaired) electrons. The molecule has 0 aliphatic rings. The fraction of sp³-hybridized carbons (Fsp3) is 0.174. The number of nitriles is 1. The maximum Gasteiger partial charge on any atom is 0.337 e. The first-order valence-electron chi connectivity index (χ1n) is 9.90. The maximum atomic E-state index is 12.0. The third-order valence-electron chi connectivity index (χ3n) is 4.66. The Kier molecular flexibility index (Phi) is 7.25. The van der Waals surface area contributed by atoms with Gasteiger partial charge in [0.25, 0.3) is 0 Å². The lowest BCUT2D eigenvalue weighted by Gasteiger charge is -2.15. The molecule has 0 amide bonds. The van der Waals surface area contributed by atoms with E-state index in [4.69, 9.17) is 0 Å². The van der Waals surface area contributed by atoms with Gasteiger partial charge < -0.3 is 15.5 Å². The molecule has 0 unspecified atom stereocenters. The van der Waals surface area contributed by atoms with E-state index in [0.29, 0.717) is 16.9 Å². The van der Waals surface area contributed by atoms with E-state index in [1.165, 1.54) is 0 Å². The number of aromatic nitrogens is 2. The number of nitrogens with zero attached hydrogens (tertiary/aromatic N) is 5.